The number of carbonyl (C=O) groups excluding carboxylic acids is 1. The standard InChI is InChI=1S/C16H13ClN2O/c17-13-7-3-1-6-12(13)10-19-14-8-4-2-5-11(14)9-15(19)16(18)20/h1-9H,10H2,(H2,18,20). The van der Waals surface area contributed by atoms with E-state index in [-0.39, 0.29) is 0 Å². The molecular formula is C16H13ClN2O. The van der Waals surface area contributed by atoms with Crippen LogP contribution >= 0.6 is 11.6 Å². The number of nitrogens with two attached hydrogens (primary N) is 1. The number of carbonyl (C=O) groups is 1. The van der Waals surface area contributed by atoms with Crippen molar-refractivity contribution in [1.29, 1.82) is 0 Å². The summed E-state index contributed by atoms with van der Waals surface area (Å²) in [6.45, 7) is 0.519. The van der Waals surface area contributed by atoms with E-state index in [4.69, 9.17) is 17.3 Å². The summed E-state index contributed by atoms with van der Waals surface area (Å²) >= 11 is 6.19. The number of nitrogens with zero attached hydrogens (tertiary/aromatic N) is 1. The molecule has 0 aliphatic heterocycles. The maximum Gasteiger partial charge on any atom is 0.265 e. The number of benzene rings is 2. The number of hydrogen-bond donors (Lipinski definition) is 1. The van der Waals surface area contributed by atoms with Crippen LogP contribution in [0.5, 0.6) is 0 Å². The number of amides is 1. The summed E-state index contributed by atoms with van der Waals surface area (Å²) in [5.74, 6) is -0.437. The maximum atomic E-state index is 11.6. The van der Waals surface area contributed by atoms with E-state index in [1.807, 2.05) is 59.2 Å². The molecule has 0 bridgehead atoms. The number of hydrogen-bond acceptors (Lipinski definition) is 1. The number of para-hydroxylation sites is 1. The Morgan fingerprint density at radius 2 is 1.80 bits per heavy atom. The summed E-state index contributed by atoms with van der Waals surface area (Å²) < 4.78 is 1.90. The highest BCUT2D eigenvalue weighted by Gasteiger charge is 2.13. The molecule has 20 heavy (non-hydrogen) atoms. The Hall–Kier alpha value is -2.26. The van der Waals surface area contributed by atoms with Crippen LogP contribution in [0.3, 0.4) is 0 Å². The Labute approximate surface area is 121 Å². The molecule has 1 heterocycles. The molecule has 0 saturated carbocycles. The highest BCUT2D eigenvalue weighted by molar-refractivity contribution is 6.31. The first-order valence-electron chi connectivity index (χ1n) is 6.28. The van der Waals surface area contributed by atoms with Gasteiger partial charge >= 0.3 is 0 Å². The fraction of sp³-hybridized carbons (Fsp3) is 0.0625. The third kappa shape index (κ3) is 2.17. The number of primary amides is 1. The van der Waals surface area contributed by atoms with Crippen molar-refractivity contribution >= 4 is 28.4 Å². The average Bonchev–Trinajstić information content (AvgIpc) is 2.81. The van der Waals surface area contributed by atoms with E-state index >= 15 is 0 Å². The zero-order valence-corrected chi connectivity index (χ0v) is 11.5. The molecule has 3 aromatic rings. The Morgan fingerprint density at radius 1 is 1.10 bits per heavy atom. The van der Waals surface area contributed by atoms with E-state index in [1.165, 1.54) is 0 Å². The summed E-state index contributed by atoms with van der Waals surface area (Å²) in [5.41, 5.74) is 7.90. The molecule has 2 aromatic carbocycles. The monoisotopic (exact) mass is 284 g/mol. The van der Waals surface area contributed by atoms with Crippen LogP contribution in [-0.2, 0) is 6.54 Å². The molecule has 2 N–H and O–H groups in total. The molecule has 0 spiro atoms. The van der Waals surface area contributed by atoms with Crippen LogP contribution in [0.1, 0.15) is 16.1 Å². The number of fused-ring (bicyclic) bond motifs is 1. The molecule has 0 fully saturated rings. The minimum absolute atomic E-state index is 0.437. The average molecular weight is 285 g/mol. The van der Waals surface area contributed by atoms with Gasteiger partial charge in [0, 0.05) is 22.5 Å². The van der Waals surface area contributed by atoms with Gasteiger partial charge in [0.2, 0.25) is 0 Å². The van der Waals surface area contributed by atoms with Crippen LogP contribution in [0, 0.1) is 0 Å². The van der Waals surface area contributed by atoms with Gasteiger partial charge in [0.1, 0.15) is 5.69 Å². The van der Waals surface area contributed by atoms with Crippen LogP contribution in [-0.4, -0.2) is 10.5 Å². The summed E-state index contributed by atoms with van der Waals surface area (Å²) in [6.07, 6.45) is 0. The maximum absolute atomic E-state index is 11.6. The second kappa shape index (κ2) is 5.02. The lowest BCUT2D eigenvalue weighted by Crippen LogP contribution is -2.17. The first-order valence-corrected chi connectivity index (χ1v) is 6.66. The number of aromatic nitrogens is 1. The molecule has 1 aromatic heterocycles. The van der Waals surface area contributed by atoms with E-state index in [0.29, 0.717) is 17.3 Å². The van der Waals surface area contributed by atoms with Gasteiger partial charge in [-0.1, -0.05) is 48.0 Å². The van der Waals surface area contributed by atoms with Crippen LogP contribution in [0.4, 0.5) is 0 Å². The summed E-state index contributed by atoms with van der Waals surface area (Å²) in [6, 6.07) is 17.2. The van der Waals surface area contributed by atoms with Crippen LogP contribution < -0.4 is 5.73 Å². The van der Waals surface area contributed by atoms with Gasteiger partial charge in [0.05, 0.1) is 0 Å². The Bertz CT molecular complexity index is 792. The first-order chi connectivity index (χ1) is 9.66. The molecular weight excluding hydrogens is 272 g/mol. The first kappa shape index (κ1) is 12.8. The van der Waals surface area contributed by atoms with Gasteiger partial charge < -0.3 is 10.3 Å². The summed E-state index contributed by atoms with van der Waals surface area (Å²) in [4.78, 5) is 11.6. The minimum atomic E-state index is -0.437. The molecule has 0 radical (unpaired) electrons. The van der Waals surface area contributed by atoms with Crippen molar-refractivity contribution in [1.82, 2.24) is 4.57 Å². The van der Waals surface area contributed by atoms with E-state index in [1.54, 1.807) is 0 Å². The van der Waals surface area contributed by atoms with Crippen molar-refractivity contribution in [2.24, 2.45) is 5.73 Å². The summed E-state index contributed by atoms with van der Waals surface area (Å²) in [7, 11) is 0. The third-order valence-corrected chi connectivity index (χ3v) is 3.72. The van der Waals surface area contributed by atoms with Gasteiger partial charge in [-0.3, -0.25) is 4.79 Å². The molecule has 3 rings (SSSR count). The van der Waals surface area contributed by atoms with Crippen molar-refractivity contribution in [3.8, 4) is 0 Å². The van der Waals surface area contributed by atoms with Gasteiger partial charge in [0.15, 0.2) is 0 Å². The smallest absolute Gasteiger partial charge is 0.265 e. The van der Waals surface area contributed by atoms with Crippen molar-refractivity contribution in [3.05, 3.63) is 70.9 Å². The Kier molecular flexibility index (Phi) is 3.20. The minimum Gasteiger partial charge on any atom is -0.364 e. The predicted molar refractivity (Wildman–Crippen MR) is 81.0 cm³/mol. The van der Waals surface area contributed by atoms with Crippen LogP contribution in [0.25, 0.3) is 10.9 Å². The third-order valence-electron chi connectivity index (χ3n) is 3.35. The van der Waals surface area contributed by atoms with E-state index < -0.39 is 5.91 Å². The molecule has 0 saturated heterocycles. The molecule has 100 valence electrons. The number of rotatable bonds is 3. The van der Waals surface area contributed by atoms with Crippen molar-refractivity contribution in [2.75, 3.05) is 0 Å². The van der Waals surface area contributed by atoms with Gasteiger partial charge in [0.25, 0.3) is 5.91 Å². The lowest BCUT2D eigenvalue weighted by molar-refractivity contribution is 0.0992. The van der Waals surface area contributed by atoms with Crippen LogP contribution in [0.15, 0.2) is 54.6 Å². The topological polar surface area (TPSA) is 48.0 Å². The van der Waals surface area contributed by atoms with Crippen molar-refractivity contribution in [2.45, 2.75) is 6.54 Å². The number of halogens is 1. The molecule has 0 atom stereocenters. The van der Waals surface area contributed by atoms with Gasteiger partial charge in [-0.2, -0.15) is 0 Å². The van der Waals surface area contributed by atoms with E-state index in [9.17, 15) is 4.79 Å². The van der Waals surface area contributed by atoms with Gasteiger partial charge in [-0.15, -0.1) is 0 Å². The molecule has 0 aliphatic rings. The second-order valence-corrected chi connectivity index (χ2v) is 5.04. The SMILES string of the molecule is NC(=O)c1cc2ccccc2n1Cc1ccccc1Cl. The molecule has 0 aliphatic carbocycles. The van der Waals surface area contributed by atoms with Crippen LogP contribution in [0.2, 0.25) is 5.02 Å². The zero-order valence-electron chi connectivity index (χ0n) is 10.7. The highest BCUT2D eigenvalue weighted by Crippen LogP contribution is 2.23. The fourth-order valence-electron chi connectivity index (χ4n) is 2.38. The fourth-order valence-corrected chi connectivity index (χ4v) is 2.58. The predicted octanol–water partition coefficient (Wildman–Crippen LogP) is 3.44. The summed E-state index contributed by atoms with van der Waals surface area (Å²) in [5, 5.41) is 1.68. The second-order valence-electron chi connectivity index (χ2n) is 4.63. The highest BCUT2D eigenvalue weighted by atomic mass is 35.5. The largest absolute Gasteiger partial charge is 0.364 e. The normalized spacial score (nSPS) is 10.8. The molecule has 3 nitrogen and oxygen atoms in total. The lowest BCUT2D eigenvalue weighted by atomic mass is 10.2. The molecule has 1 amide bonds. The molecule has 0 unspecified atom stereocenters. The zero-order chi connectivity index (χ0) is 14.1. The Morgan fingerprint density at radius 3 is 2.55 bits per heavy atom. The van der Waals surface area contributed by atoms with Crippen molar-refractivity contribution in [3.63, 3.8) is 0 Å². The van der Waals surface area contributed by atoms with Crippen molar-refractivity contribution < 1.29 is 4.79 Å². The lowest BCUT2D eigenvalue weighted by Gasteiger charge is -2.10. The van der Waals surface area contributed by atoms with Gasteiger partial charge in [-0.25, -0.2) is 0 Å². The van der Waals surface area contributed by atoms with E-state index in [2.05, 4.69) is 0 Å². The quantitative estimate of drug-likeness (QED) is 0.787. The van der Waals surface area contributed by atoms with Gasteiger partial charge in [-0.05, 0) is 23.8 Å². The Balaban J connectivity index is 2.17. The van der Waals surface area contributed by atoms with E-state index in [0.717, 1.165) is 16.5 Å². The molecule has 4 heteroatoms.